The lowest BCUT2D eigenvalue weighted by Crippen LogP contribution is -2.45. The molecule has 3 aromatic rings. The summed E-state index contributed by atoms with van der Waals surface area (Å²) in [4.78, 5) is 12.3. The van der Waals surface area contributed by atoms with Crippen LogP contribution >= 0.6 is 0 Å². The third-order valence-electron chi connectivity index (χ3n) is 5.41. The van der Waals surface area contributed by atoms with Crippen LogP contribution in [-0.4, -0.2) is 59.0 Å². The van der Waals surface area contributed by atoms with Gasteiger partial charge in [-0.15, -0.1) is 5.10 Å². The van der Waals surface area contributed by atoms with E-state index in [-0.39, 0.29) is 36.8 Å². The van der Waals surface area contributed by atoms with Gasteiger partial charge in [0.2, 0.25) is 0 Å². The molecule has 2 aromatic carbocycles. The van der Waals surface area contributed by atoms with Crippen LogP contribution in [0.15, 0.2) is 66.9 Å². The van der Waals surface area contributed by atoms with E-state index in [0.29, 0.717) is 19.0 Å². The summed E-state index contributed by atoms with van der Waals surface area (Å²) in [7, 11) is 0. The maximum Gasteiger partial charge on any atom is 0.258 e. The Morgan fingerprint density at radius 1 is 1.03 bits per heavy atom. The molecule has 5 rings (SSSR count). The number of fused-ring (bicyclic) bond motifs is 1. The number of nitrogens with one attached hydrogen (secondary N) is 1. The molecule has 2 aliphatic rings. The third kappa shape index (κ3) is 3.79. The van der Waals surface area contributed by atoms with Crippen LogP contribution in [0.5, 0.6) is 5.75 Å². The SMILES string of the molecule is O=C(COc1ccccc1)N[C@H]1CO[C@H]2[C@H]1OC[C@H]2n1cc(-c2ccccc2)nn1. The van der Waals surface area contributed by atoms with Crippen LogP contribution in [0, 0.1) is 0 Å². The maximum absolute atomic E-state index is 12.3. The Kier molecular flexibility index (Phi) is 5.17. The summed E-state index contributed by atoms with van der Waals surface area (Å²) >= 11 is 0. The number of hydrogen-bond acceptors (Lipinski definition) is 6. The number of carbonyl (C=O) groups is 1. The fourth-order valence-corrected chi connectivity index (χ4v) is 3.92. The number of ether oxygens (including phenoxy) is 3. The number of amides is 1. The minimum Gasteiger partial charge on any atom is -0.484 e. The molecule has 2 aliphatic heterocycles. The van der Waals surface area contributed by atoms with Gasteiger partial charge in [-0.1, -0.05) is 53.7 Å². The molecular formula is C22H22N4O4. The average Bonchev–Trinajstić information content (AvgIpc) is 3.51. The zero-order valence-electron chi connectivity index (χ0n) is 16.3. The van der Waals surface area contributed by atoms with Crippen molar-refractivity contribution in [3.63, 3.8) is 0 Å². The van der Waals surface area contributed by atoms with Crippen molar-refractivity contribution in [3.8, 4) is 17.0 Å². The summed E-state index contributed by atoms with van der Waals surface area (Å²) in [5, 5.41) is 11.5. The standard InChI is InChI=1S/C22H22N4O4/c27-20(14-28-16-9-5-2-6-10-16)23-18-12-29-22-19(13-30-21(18)22)26-11-17(24-25-26)15-7-3-1-4-8-15/h1-11,18-19,21-22H,12-14H2,(H,23,27)/t18-,19+,21-,22+/m0/s1. The molecule has 0 saturated carbocycles. The fraction of sp³-hybridized carbons (Fsp3) is 0.318. The third-order valence-corrected chi connectivity index (χ3v) is 5.41. The molecule has 2 fully saturated rings. The first-order valence-electron chi connectivity index (χ1n) is 9.95. The van der Waals surface area contributed by atoms with Crippen molar-refractivity contribution >= 4 is 5.91 Å². The van der Waals surface area contributed by atoms with E-state index in [0.717, 1.165) is 11.3 Å². The van der Waals surface area contributed by atoms with Gasteiger partial charge in [0, 0.05) is 5.56 Å². The number of hydrogen-bond donors (Lipinski definition) is 1. The maximum atomic E-state index is 12.3. The molecule has 1 aromatic heterocycles. The van der Waals surface area contributed by atoms with Crippen LogP contribution in [0.25, 0.3) is 11.3 Å². The highest BCUT2D eigenvalue weighted by Gasteiger charge is 2.49. The first-order chi connectivity index (χ1) is 14.8. The predicted octanol–water partition coefficient (Wildman–Crippen LogP) is 1.85. The Labute approximate surface area is 173 Å². The van der Waals surface area contributed by atoms with Crippen molar-refractivity contribution < 1.29 is 19.0 Å². The lowest BCUT2D eigenvalue weighted by Gasteiger charge is -2.18. The van der Waals surface area contributed by atoms with E-state index in [1.807, 2.05) is 66.9 Å². The zero-order chi connectivity index (χ0) is 20.3. The molecule has 8 nitrogen and oxygen atoms in total. The highest BCUT2D eigenvalue weighted by atomic mass is 16.6. The van der Waals surface area contributed by atoms with E-state index in [9.17, 15) is 4.79 Å². The van der Waals surface area contributed by atoms with Gasteiger partial charge < -0.3 is 19.5 Å². The second kappa shape index (κ2) is 8.25. The summed E-state index contributed by atoms with van der Waals surface area (Å²) in [5.74, 6) is 0.457. The molecule has 1 amide bonds. The van der Waals surface area contributed by atoms with Crippen molar-refractivity contribution in [1.82, 2.24) is 20.3 Å². The van der Waals surface area contributed by atoms with Crippen LogP contribution in [0.1, 0.15) is 6.04 Å². The number of aromatic nitrogens is 3. The van der Waals surface area contributed by atoms with E-state index in [2.05, 4.69) is 15.6 Å². The minimum atomic E-state index is -0.222. The van der Waals surface area contributed by atoms with Crippen molar-refractivity contribution in [2.24, 2.45) is 0 Å². The van der Waals surface area contributed by atoms with Crippen molar-refractivity contribution in [2.45, 2.75) is 24.3 Å². The molecule has 0 unspecified atom stereocenters. The Balaban J connectivity index is 1.19. The molecule has 0 aliphatic carbocycles. The molecule has 0 bridgehead atoms. The van der Waals surface area contributed by atoms with Gasteiger partial charge in [0.15, 0.2) is 6.61 Å². The highest BCUT2D eigenvalue weighted by Crippen LogP contribution is 2.34. The van der Waals surface area contributed by atoms with Crippen LogP contribution in [0.4, 0.5) is 0 Å². The normalized spacial score (nSPS) is 25.1. The predicted molar refractivity (Wildman–Crippen MR) is 108 cm³/mol. The van der Waals surface area contributed by atoms with Gasteiger partial charge in [0.05, 0.1) is 25.5 Å². The lowest BCUT2D eigenvalue weighted by atomic mass is 10.1. The van der Waals surface area contributed by atoms with Gasteiger partial charge in [-0.25, -0.2) is 4.68 Å². The molecule has 1 N–H and O–H groups in total. The Hall–Kier alpha value is -3.23. The smallest absolute Gasteiger partial charge is 0.258 e. The molecule has 3 heterocycles. The van der Waals surface area contributed by atoms with Gasteiger partial charge in [0.1, 0.15) is 29.7 Å². The monoisotopic (exact) mass is 406 g/mol. The summed E-state index contributed by atoms with van der Waals surface area (Å²) in [5.41, 5.74) is 1.81. The van der Waals surface area contributed by atoms with E-state index in [1.54, 1.807) is 4.68 Å². The second-order valence-electron chi connectivity index (χ2n) is 7.39. The summed E-state index contributed by atoms with van der Waals surface area (Å²) < 4.78 is 19.2. The lowest BCUT2D eigenvalue weighted by molar-refractivity contribution is -0.124. The average molecular weight is 406 g/mol. The molecule has 0 radical (unpaired) electrons. The molecule has 8 heteroatoms. The highest BCUT2D eigenvalue weighted by molar-refractivity contribution is 5.78. The van der Waals surface area contributed by atoms with Gasteiger partial charge in [-0.3, -0.25) is 4.79 Å². The number of rotatable bonds is 6. The van der Waals surface area contributed by atoms with Gasteiger partial charge >= 0.3 is 0 Å². The fourth-order valence-electron chi connectivity index (χ4n) is 3.92. The van der Waals surface area contributed by atoms with E-state index in [4.69, 9.17) is 14.2 Å². The second-order valence-corrected chi connectivity index (χ2v) is 7.39. The summed E-state index contributed by atoms with van der Waals surface area (Å²) in [6.45, 7) is 0.799. The Morgan fingerprint density at radius 2 is 1.77 bits per heavy atom. The van der Waals surface area contributed by atoms with Gasteiger partial charge in [-0.05, 0) is 12.1 Å². The molecule has 0 spiro atoms. The minimum absolute atomic E-state index is 0.0508. The molecule has 4 atom stereocenters. The Bertz CT molecular complexity index is 995. The quantitative estimate of drug-likeness (QED) is 0.672. The van der Waals surface area contributed by atoms with Gasteiger partial charge in [-0.2, -0.15) is 0 Å². The first-order valence-corrected chi connectivity index (χ1v) is 9.95. The molecule has 2 saturated heterocycles. The van der Waals surface area contributed by atoms with Crippen LogP contribution in [0.3, 0.4) is 0 Å². The Morgan fingerprint density at radius 3 is 2.57 bits per heavy atom. The number of carbonyl (C=O) groups excluding carboxylic acids is 1. The van der Waals surface area contributed by atoms with Crippen LogP contribution in [-0.2, 0) is 14.3 Å². The zero-order valence-corrected chi connectivity index (χ0v) is 16.3. The van der Waals surface area contributed by atoms with Gasteiger partial charge in [0.25, 0.3) is 5.91 Å². The molecule has 154 valence electrons. The van der Waals surface area contributed by atoms with E-state index < -0.39 is 0 Å². The first kappa shape index (κ1) is 18.8. The topological polar surface area (TPSA) is 87.5 Å². The molecule has 30 heavy (non-hydrogen) atoms. The summed E-state index contributed by atoms with van der Waals surface area (Å²) in [6, 6.07) is 18.9. The van der Waals surface area contributed by atoms with Crippen molar-refractivity contribution in [1.29, 1.82) is 0 Å². The molecular weight excluding hydrogens is 384 g/mol. The summed E-state index contributed by atoms with van der Waals surface area (Å²) in [6.07, 6.45) is 1.50. The van der Waals surface area contributed by atoms with Crippen LogP contribution in [0.2, 0.25) is 0 Å². The number of para-hydroxylation sites is 1. The van der Waals surface area contributed by atoms with E-state index in [1.165, 1.54) is 0 Å². The van der Waals surface area contributed by atoms with E-state index >= 15 is 0 Å². The number of benzene rings is 2. The number of nitrogens with zero attached hydrogens (tertiary/aromatic N) is 3. The van der Waals surface area contributed by atoms with Crippen molar-refractivity contribution in [3.05, 3.63) is 66.9 Å². The van der Waals surface area contributed by atoms with Crippen molar-refractivity contribution in [2.75, 3.05) is 19.8 Å². The largest absolute Gasteiger partial charge is 0.484 e. The van der Waals surface area contributed by atoms with Crippen LogP contribution < -0.4 is 10.1 Å².